The summed E-state index contributed by atoms with van der Waals surface area (Å²) in [5.41, 5.74) is 8.11. The SMILES string of the molecule is C=C(C1=CCCC=C1C)C1=C(C)C=CC(C)C1CC(=C)N(CCCC)CCCC. The van der Waals surface area contributed by atoms with E-state index in [-0.39, 0.29) is 0 Å². The normalized spacial score (nSPS) is 21.7. The molecule has 1 nitrogen and oxygen atoms in total. The van der Waals surface area contributed by atoms with Gasteiger partial charge in [0.15, 0.2) is 0 Å². The van der Waals surface area contributed by atoms with Gasteiger partial charge in [-0.05, 0) is 85.7 Å². The molecule has 1 heteroatoms. The van der Waals surface area contributed by atoms with Gasteiger partial charge in [0, 0.05) is 18.8 Å². The first-order chi connectivity index (χ1) is 13.9. The van der Waals surface area contributed by atoms with Crippen LogP contribution >= 0.6 is 0 Å². The van der Waals surface area contributed by atoms with Gasteiger partial charge >= 0.3 is 0 Å². The Labute approximate surface area is 180 Å². The maximum Gasteiger partial charge on any atom is 0.0174 e. The first-order valence-corrected chi connectivity index (χ1v) is 11.8. The van der Waals surface area contributed by atoms with Crippen LogP contribution in [-0.4, -0.2) is 18.0 Å². The Morgan fingerprint density at radius 2 is 1.66 bits per heavy atom. The summed E-state index contributed by atoms with van der Waals surface area (Å²) in [6, 6.07) is 0. The molecule has 2 unspecified atom stereocenters. The summed E-state index contributed by atoms with van der Waals surface area (Å²) in [7, 11) is 0. The van der Waals surface area contributed by atoms with Crippen molar-refractivity contribution in [2.75, 3.05) is 13.1 Å². The second kappa shape index (κ2) is 11.4. The second-order valence-corrected chi connectivity index (χ2v) is 8.95. The molecular weight excluding hydrogens is 350 g/mol. The van der Waals surface area contributed by atoms with E-state index in [0.717, 1.165) is 32.4 Å². The van der Waals surface area contributed by atoms with Crippen LogP contribution in [0.25, 0.3) is 0 Å². The van der Waals surface area contributed by atoms with Crippen LogP contribution in [0.2, 0.25) is 0 Å². The maximum absolute atomic E-state index is 4.59. The first-order valence-electron chi connectivity index (χ1n) is 11.8. The minimum atomic E-state index is 0.460. The minimum Gasteiger partial charge on any atom is -0.375 e. The van der Waals surface area contributed by atoms with Crippen LogP contribution in [-0.2, 0) is 0 Å². The molecule has 0 heterocycles. The lowest BCUT2D eigenvalue weighted by Gasteiger charge is -2.35. The lowest BCUT2D eigenvalue weighted by atomic mass is 9.72. The van der Waals surface area contributed by atoms with E-state index in [0.29, 0.717) is 11.8 Å². The Bertz CT molecular complexity index is 705. The van der Waals surface area contributed by atoms with E-state index in [1.54, 1.807) is 0 Å². The molecule has 2 rings (SSSR count). The molecular formula is C28H43N. The lowest BCUT2D eigenvalue weighted by Crippen LogP contribution is -2.29. The quantitative estimate of drug-likeness (QED) is 0.342. The highest BCUT2D eigenvalue weighted by atomic mass is 15.1. The Morgan fingerprint density at radius 1 is 1.03 bits per heavy atom. The van der Waals surface area contributed by atoms with Crippen LogP contribution < -0.4 is 0 Å². The van der Waals surface area contributed by atoms with E-state index in [1.165, 1.54) is 59.2 Å². The molecule has 0 saturated carbocycles. The van der Waals surface area contributed by atoms with Crippen molar-refractivity contribution in [1.82, 2.24) is 4.90 Å². The van der Waals surface area contributed by atoms with Gasteiger partial charge in [0.05, 0.1) is 0 Å². The molecule has 0 saturated heterocycles. The third-order valence-electron chi connectivity index (χ3n) is 6.59. The van der Waals surface area contributed by atoms with Gasteiger partial charge in [0.1, 0.15) is 0 Å². The number of allylic oxidation sites excluding steroid dienone is 10. The number of rotatable bonds is 11. The fourth-order valence-electron chi connectivity index (χ4n) is 4.64. The summed E-state index contributed by atoms with van der Waals surface area (Å²) in [4.78, 5) is 2.55. The van der Waals surface area contributed by atoms with E-state index in [1.807, 2.05) is 0 Å². The Morgan fingerprint density at radius 3 is 2.24 bits per heavy atom. The van der Waals surface area contributed by atoms with E-state index in [2.05, 4.69) is 77.0 Å². The molecule has 0 fully saturated rings. The number of hydrogen-bond donors (Lipinski definition) is 0. The van der Waals surface area contributed by atoms with Crippen molar-refractivity contribution in [3.63, 3.8) is 0 Å². The lowest BCUT2D eigenvalue weighted by molar-refractivity contribution is 0.302. The minimum absolute atomic E-state index is 0.460. The molecule has 0 aromatic heterocycles. The summed E-state index contributed by atoms with van der Waals surface area (Å²) >= 11 is 0. The van der Waals surface area contributed by atoms with E-state index < -0.39 is 0 Å². The summed E-state index contributed by atoms with van der Waals surface area (Å²) in [6.07, 6.45) is 17.7. The number of unbranched alkanes of at least 4 members (excludes halogenated alkanes) is 2. The highest BCUT2D eigenvalue weighted by Gasteiger charge is 2.29. The van der Waals surface area contributed by atoms with Crippen LogP contribution in [0.1, 0.15) is 79.6 Å². The molecule has 0 aromatic carbocycles. The van der Waals surface area contributed by atoms with Crippen molar-refractivity contribution in [2.24, 2.45) is 11.8 Å². The molecule has 2 aliphatic rings. The molecule has 0 aromatic rings. The van der Waals surface area contributed by atoms with Gasteiger partial charge in [-0.25, -0.2) is 0 Å². The van der Waals surface area contributed by atoms with Gasteiger partial charge < -0.3 is 4.90 Å². The van der Waals surface area contributed by atoms with Crippen molar-refractivity contribution >= 4 is 0 Å². The standard InChI is InChI=1S/C28H43N/c1-8-10-18-29(19-11-9-2)24(6)20-27-22(4)16-17-23(5)28(27)25(7)26-15-13-12-14-21(26)3/h14-17,22,27H,6-13,18-20H2,1-5H3. The van der Waals surface area contributed by atoms with Crippen LogP contribution in [0.15, 0.2) is 71.0 Å². The van der Waals surface area contributed by atoms with Crippen LogP contribution in [0.4, 0.5) is 0 Å². The van der Waals surface area contributed by atoms with Crippen molar-refractivity contribution in [3.8, 4) is 0 Å². The molecule has 0 radical (unpaired) electrons. The van der Waals surface area contributed by atoms with Crippen molar-refractivity contribution < 1.29 is 0 Å². The van der Waals surface area contributed by atoms with Crippen LogP contribution in [0.3, 0.4) is 0 Å². The average Bonchev–Trinajstić information content (AvgIpc) is 2.70. The smallest absolute Gasteiger partial charge is 0.0174 e. The van der Waals surface area contributed by atoms with Crippen LogP contribution in [0, 0.1) is 11.8 Å². The summed E-state index contributed by atoms with van der Waals surface area (Å²) < 4.78 is 0. The van der Waals surface area contributed by atoms with Gasteiger partial charge in [-0.3, -0.25) is 0 Å². The molecule has 2 aliphatic carbocycles. The zero-order valence-corrected chi connectivity index (χ0v) is 19.7. The number of nitrogens with zero attached hydrogens (tertiary/aromatic N) is 1. The fraction of sp³-hybridized carbons (Fsp3) is 0.571. The van der Waals surface area contributed by atoms with Crippen molar-refractivity contribution in [3.05, 3.63) is 71.0 Å². The molecule has 160 valence electrons. The van der Waals surface area contributed by atoms with E-state index >= 15 is 0 Å². The molecule has 2 atom stereocenters. The Hall–Kier alpha value is -1.76. The average molecular weight is 394 g/mol. The molecule has 29 heavy (non-hydrogen) atoms. The highest BCUT2D eigenvalue weighted by molar-refractivity contribution is 5.59. The van der Waals surface area contributed by atoms with Gasteiger partial charge in [-0.2, -0.15) is 0 Å². The largest absolute Gasteiger partial charge is 0.375 e. The van der Waals surface area contributed by atoms with Crippen molar-refractivity contribution in [1.29, 1.82) is 0 Å². The zero-order valence-electron chi connectivity index (χ0n) is 19.7. The highest BCUT2D eigenvalue weighted by Crippen LogP contribution is 2.42. The fourth-order valence-corrected chi connectivity index (χ4v) is 4.64. The molecule has 0 spiro atoms. The molecule has 0 N–H and O–H groups in total. The van der Waals surface area contributed by atoms with Gasteiger partial charge in [0.25, 0.3) is 0 Å². The van der Waals surface area contributed by atoms with Crippen LogP contribution in [0.5, 0.6) is 0 Å². The monoisotopic (exact) mass is 393 g/mol. The topological polar surface area (TPSA) is 3.24 Å². The molecule has 0 bridgehead atoms. The number of hydrogen-bond acceptors (Lipinski definition) is 1. The molecule has 0 amide bonds. The van der Waals surface area contributed by atoms with Gasteiger partial charge in [0.2, 0.25) is 0 Å². The van der Waals surface area contributed by atoms with E-state index in [9.17, 15) is 0 Å². The van der Waals surface area contributed by atoms with E-state index in [4.69, 9.17) is 0 Å². The van der Waals surface area contributed by atoms with Gasteiger partial charge in [-0.1, -0.05) is 71.1 Å². The predicted octanol–water partition coefficient (Wildman–Crippen LogP) is 8.15. The summed E-state index contributed by atoms with van der Waals surface area (Å²) in [6.45, 7) is 22.8. The Kier molecular flexibility index (Phi) is 9.27. The Balaban J connectivity index is 2.25. The molecule has 0 aliphatic heterocycles. The summed E-state index contributed by atoms with van der Waals surface area (Å²) in [5.74, 6) is 0.969. The van der Waals surface area contributed by atoms with Gasteiger partial charge in [-0.15, -0.1) is 0 Å². The third kappa shape index (κ3) is 6.11. The predicted molar refractivity (Wildman–Crippen MR) is 130 cm³/mol. The first kappa shape index (κ1) is 23.5. The zero-order chi connectivity index (χ0) is 21.4. The summed E-state index contributed by atoms with van der Waals surface area (Å²) in [5, 5.41) is 0. The third-order valence-corrected chi connectivity index (χ3v) is 6.59. The second-order valence-electron chi connectivity index (χ2n) is 8.95. The maximum atomic E-state index is 4.59. The van der Waals surface area contributed by atoms with Crippen molar-refractivity contribution in [2.45, 2.75) is 79.6 Å².